The van der Waals surface area contributed by atoms with Crippen LogP contribution in [0.1, 0.15) is 106 Å². The highest BCUT2D eigenvalue weighted by Gasteiger charge is 2.71. The van der Waals surface area contributed by atoms with Crippen molar-refractivity contribution in [2.75, 3.05) is 39.6 Å². The summed E-state index contributed by atoms with van der Waals surface area (Å²) in [4.78, 5) is 13.3. The molecule has 0 aromatic heterocycles. The minimum Gasteiger partial charge on any atom is -0.481 e. The Balaban J connectivity index is 0.947. The van der Waals surface area contributed by atoms with Crippen LogP contribution in [0.4, 0.5) is 0 Å². The Bertz CT molecular complexity index is 2450. The number of allylic oxidation sites excluding steroid dienone is 1. The van der Waals surface area contributed by atoms with Gasteiger partial charge in [0.2, 0.25) is 0 Å². The van der Waals surface area contributed by atoms with Crippen LogP contribution < -0.4 is 0 Å². The van der Waals surface area contributed by atoms with E-state index in [1.807, 2.05) is 0 Å². The molecule has 4 saturated carbocycles. The largest absolute Gasteiger partial charge is 0.481 e. The van der Waals surface area contributed by atoms with Crippen LogP contribution in [-0.2, 0) is 52.2 Å². The van der Waals surface area contributed by atoms with Crippen LogP contribution in [0.2, 0.25) is 0 Å². The molecule has 0 spiro atoms. The first kappa shape index (κ1) is 69.9. The third kappa shape index (κ3) is 11.7. The molecule has 10 rings (SSSR count). The molecule has 18 N–H and O–H groups in total. The number of ether oxygens (including phenoxy) is 10. The Morgan fingerprint density at radius 2 is 0.921 bits per heavy atom. The van der Waals surface area contributed by atoms with Crippen LogP contribution in [0.15, 0.2) is 11.6 Å². The lowest BCUT2D eigenvalue weighted by Gasteiger charge is -2.71. The average molecular weight is 1280 g/mol. The van der Waals surface area contributed by atoms with Gasteiger partial charge in [-0.05, 0) is 104 Å². The molecule has 5 aliphatic heterocycles. The van der Waals surface area contributed by atoms with Gasteiger partial charge in [0.05, 0.1) is 51.2 Å². The molecule has 29 heteroatoms. The van der Waals surface area contributed by atoms with Crippen LogP contribution in [0.3, 0.4) is 0 Å². The number of hydrogen-bond donors (Lipinski definition) is 18. The van der Waals surface area contributed by atoms with Crippen molar-refractivity contribution in [1.82, 2.24) is 0 Å². The predicted molar refractivity (Wildman–Crippen MR) is 297 cm³/mol. The molecule has 5 saturated heterocycles. The highest BCUT2D eigenvalue weighted by atomic mass is 16.8. The SMILES string of the molecule is CC1(C)CCC2(C(=O)O)CCC3(CO)C(=CCC4C5(C)CCC(OC6OC(CO)C(OC7OC(CO)C(O)C(O)C7O)C(O)C6OC6OC(CO)C(O)C(OC7OC(CO)C(O)C(O)C7OC7OC(CO)C(O)C(O)C7O)C6O)C(C)(C)C5CCC43C)C2C1. The van der Waals surface area contributed by atoms with E-state index in [-0.39, 0.29) is 35.2 Å². The molecule has 89 heavy (non-hydrogen) atoms. The zero-order chi connectivity index (χ0) is 65.0. The second kappa shape index (κ2) is 26.3. The van der Waals surface area contributed by atoms with E-state index in [9.17, 15) is 96.7 Å². The van der Waals surface area contributed by atoms with E-state index < -0.39 is 220 Å². The van der Waals surface area contributed by atoms with Gasteiger partial charge in [0.25, 0.3) is 0 Å². The summed E-state index contributed by atoms with van der Waals surface area (Å²) in [7, 11) is 0. The molecule has 0 aromatic rings. The van der Waals surface area contributed by atoms with Gasteiger partial charge >= 0.3 is 5.97 Å². The lowest BCUT2D eigenvalue weighted by Crippen LogP contribution is -2.69. The van der Waals surface area contributed by atoms with Gasteiger partial charge in [0, 0.05) is 5.41 Å². The Kier molecular flexibility index (Phi) is 20.6. The molecule has 0 radical (unpaired) electrons. The van der Waals surface area contributed by atoms with Gasteiger partial charge in [-0.25, -0.2) is 0 Å². The van der Waals surface area contributed by atoms with E-state index in [2.05, 4.69) is 47.6 Å². The summed E-state index contributed by atoms with van der Waals surface area (Å²) in [5.74, 6) is -1.04. The van der Waals surface area contributed by atoms with Gasteiger partial charge in [-0.2, -0.15) is 0 Å². The molecule has 5 aliphatic carbocycles. The fourth-order valence-corrected chi connectivity index (χ4v) is 18.2. The highest BCUT2D eigenvalue weighted by Crippen LogP contribution is 2.76. The quantitative estimate of drug-likeness (QED) is 0.0481. The number of hydrogen-bond acceptors (Lipinski definition) is 28. The maximum atomic E-state index is 13.3. The monoisotopic (exact) mass is 1280 g/mol. The fourth-order valence-electron chi connectivity index (χ4n) is 18.2. The first-order valence-electron chi connectivity index (χ1n) is 31.5. The van der Waals surface area contributed by atoms with Gasteiger partial charge < -0.3 is 139 Å². The van der Waals surface area contributed by atoms with Gasteiger partial charge in [-0.15, -0.1) is 0 Å². The van der Waals surface area contributed by atoms with Crippen LogP contribution >= 0.6 is 0 Å². The zero-order valence-corrected chi connectivity index (χ0v) is 51.2. The van der Waals surface area contributed by atoms with Gasteiger partial charge in [0.15, 0.2) is 31.5 Å². The molecular weight excluding hydrogens is 1180 g/mol. The summed E-state index contributed by atoms with van der Waals surface area (Å²) in [6.07, 6.45) is -39.7. The smallest absolute Gasteiger partial charge is 0.310 e. The van der Waals surface area contributed by atoms with E-state index in [1.54, 1.807) is 0 Å². The topological polar surface area (TPSA) is 474 Å². The molecule has 33 atom stereocenters. The Morgan fingerprint density at radius 3 is 1.46 bits per heavy atom. The minimum absolute atomic E-state index is 0.0353. The summed E-state index contributed by atoms with van der Waals surface area (Å²) in [6.45, 7) is 8.37. The van der Waals surface area contributed by atoms with E-state index in [4.69, 9.17) is 47.4 Å². The van der Waals surface area contributed by atoms with Crippen LogP contribution in [0.5, 0.6) is 0 Å². The number of carboxylic acid groups (broad SMARTS) is 1. The van der Waals surface area contributed by atoms with Crippen molar-refractivity contribution >= 4 is 5.97 Å². The summed E-state index contributed by atoms with van der Waals surface area (Å²) in [5.41, 5.74) is -2.13. The number of fused-ring (bicyclic) bond motifs is 7. The molecule has 10 aliphatic rings. The van der Waals surface area contributed by atoms with Crippen LogP contribution in [0, 0.1) is 50.2 Å². The fraction of sp³-hybridized carbons (Fsp3) is 0.950. The molecule has 29 nitrogen and oxygen atoms in total. The average Bonchev–Trinajstić information content (AvgIpc) is 0.676. The molecule has 33 unspecified atom stereocenters. The van der Waals surface area contributed by atoms with Crippen LogP contribution in [0.25, 0.3) is 0 Å². The van der Waals surface area contributed by atoms with E-state index in [1.165, 1.54) is 0 Å². The van der Waals surface area contributed by atoms with Gasteiger partial charge in [0.1, 0.15) is 122 Å². The van der Waals surface area contributed by atoms with Crippen molar-refractivity contribution in [3.63, 3.8) is 0 Å². The Labute approximate surface area is 515 Å². The summed E-state index contributed by atoms with van der Waals surface area (Å²) in [6, 6.07) is 0. The summed E-state index contributed by atoms with van der Waals surface area (Å²) in [5, 5.41) is 198. The minimum atomic E-state index is -2.22. The second-order valence-corrected chi connectivity index (χ2v) is 29.0. The number of rotatable bonds is 17. The summed E-state index contributed by atoms with van der Waals surface area (Å²) >= 11 is 0. The first-order valence-corrected chi connectivity index (χ1v) is 31.5. The van der Waals surface area contributed by atoms with Crippen molar-refractivity contribution in [3.8, 4) is 0 Å². The highest BCUT2D eigenvalue weighted by molar-refractivity contribution is 5.76. The number of aliphatic carboxylic acids is 1. The molecule has 5 heterocycles. The van der Waals surface area contributed by atoms with Crippen molar-refractivity contribution in [2.45, 2.75) is 265 Å². The molecule has 0 aromatic carbocycles. The predicted octanol–water partition coefficient (Wildman–Crippen LogP) is -4.67. The zero-order valence-electron chi connectivity index (χ0n) is 51.2. The number of aliphatic hydroxyl groups is 17. The van der Waals surface area contributed by atoms with Crippen molar-refractivity contribution in [1.29, 1.82) is 0 Å². The summed E-state index contributed by atoms with van der Waals surface area (Å²) < 4.78 is 60.8. The third-order valence-corrected chi connectivity index (χ3v) is 23.6. The number of carbonyl (C=O) groups is 1. The maximum Gasteiger partial charge on any atom is 0.310 e. The van der Waals surface area contributed by atoms with Crippen molar-refractivity contribution < 1.29 is 144 Å². The Morgan fingerprint density at radius 1 is 0.461 bits per heavy atom. The van der Waals surface area contributed by atoms with E-state index in [0.717, 1.165) is 12.0 Å². The standard InChI is InChI=1S/C60H98O29/c1-55(2)13-14-59(54(78)79)15-16-60(23-66)24(25(59)17-55)7-8-32-57(5)11-10-33(56(3,4)31(57)9-12-58(32,60)6)85-52-48(43(76)45(30(22-65)84-52)86-49-41(74)38(71)34(67)26(18-61)80-49)89-51-44(77)46(37(70)29(21-64)82-51)87-53-47(40(73)36(69)28(20-63)83-53)88-50-42(75)39(72)35(68)27(19-62)81-50/h7,25-53,61-77H,8-23H2,1-6H3,(H,78,79). The van der Waals surface area contributed by atoms with E-state index >= 15 is 0 Å². The lowest BCUT2D eigenvalue weighted by atomic mass is 9.33. The second-order valence-electron chi connectivity index (χ2n) is 29.0. The molecular formula is C60H98O29. The lowest BCUT2D eigenvalue weighted by molar-refractivity contribution is -0.408. The number of carboxylic acids is 1. The normalized spacial score (nSPS) is 53.1. The molecule has 0 amide bonds. The third-order valence-electron chi connectivity index (χ3n) is 23.6. The molecule has 9 fully saturated rings. The van der Waals surface area contributed by atoms with Crippen molar-refractivity contribution in [2.24, 2.45) is 50.2 Å². The Hall–Kier alpha value is -1.87. The number of aliphatic hydroxyl groups excluding tert-OH is 17. The van der Waals surface area contributed by atoms with Gasteiger partial charge in [-0.1, -0.05) is 53.2 Å². The van der Waals surface area contributed by atoms with Gasteiger partial charge in [-0.3, -0.25) is 4.79 Å². The van der Waals surface area contributed by atoms with E-state index in [0.29, 0.717) is 57.8 Å². The first-order chi connectivity index (χ1) is 41.9. The van der Waals surface area contributed by atoms with Crippen LogP contribution in [-0.4, -0.2) is 297 Å². The molecule has 512 valence electrons. The molecule has 0 bridgehead atoms. The van der Waals surface area contributed by atoms with Crippen molar-refractivity contribution in [3.05, 3.63) is 11.6 Å². The maximum absolute atomic E-state index is 13.3.